The normalized spacial score (nSPS) is 10.4. The second-order valence-electron chi connectivity index (χ2n) is 5.80. The second-order valence-corrected chi connectivity index (χ2v) is 6.69. The molecule has 0 aliphatic carbocycles. The number of aryl methyl sites for hydroxylation is 1. The van der Waals surface area contributed by atoms with Crippen molar-refractivity contribution in [1.29, 1.82) is 0 Å². The third-order valence-electron chi connectivity index (χ3n) is 3.84. The Kier molecular flexibility index (Phi) is 5.80. The number of nitrogens with one attached hydrogen (secondary N) is 2. The Bertz CT molecular complexity index is 813. The molecule has 0 atom stereocenters. The van der Waals surface area contributed by atoms with Gasteiger partial charge in [0.15, 0.2) is 5.13 Å². The van der Waals surface area contributed by atoms with Crippen molar-refractivity contribution >= 4 is 33.8 Å². The molecule has 1 amide bonds. The molecule has 1 heterocycles. The first-order chi connectivity index (χ1) is 12.2. The molecule has 0 saturated carbocycles. The fraction of sp³-hybridized carbons (Fsp3) is 0.200. The van der Waals surface area contributed by atoms with Crippen LogP contribution >= 0.6 is 11.3 Å². The molecule has 3 rings (SSSR count). The Morgan fingerprint density at radius 1 is 1.12 bits per heavy atom. The van der Waals surface area contributed by atoms with E-state index in [1.165, 1.54) is 29.7 Å². The lowest BCUT2D eigenvalue weighted by Gasteiger charge is -2.08. The zero-order chi connectivity index (χ0) is 17.5. The van der Waals surface area contributed by atoms with Gasteiger partial charge < -0.3 is 10.6 Å². The molecular formula is C20H21N3OS. The smallest absolute Gasteiger partial charge is 0.255 e. The van der Waals surface area contributed by atoms with Crippen molar-refractivity contribution in [3.8, 4) is 0 Å². The largest absolute Gasteiger partial charge is 0.332 e. The highest BCUT2D eigenvalue weighted by atomic mass is 32.1. The molecule has 0 spiro atoms. The summed E-state index contributed by atoms with van der Waals surface area (Å²) in [4.78, 5) is 16.7. The Hall–Kier alpha value is -2.66. The zero-order valence-electron chi connectivity index (χ0n) is 14.2. The number of rotatable bonds is 7. The predicted octanol–water partition coefficient (Wildman–Crippen LogP) is 5.48. The molecule has 0 radical (unpaired) electrons. The van der Waals surface area contributed by atoms with E-state index in [1.807, 2.05) is 35.7 Å². The van der Waals surface area contributed by atoms with Crippen LogP contribution in [0.15, 0.2) is 60.1 Å². The van der Waals surface area contributed by atoms with Gasteiger partial charge in [0.1, 0.15) is 0 Å². The summed E-state index contributed by atoms with van der Waals surface area (Å²) in [5.41, 5.74) is 3.56. The Morgan fingerprint density at radius 3 is 2.68 bits per heavy atom. The summed E-state index contributed by atoms with van der Waals surface area (Å²) >= 11 is 1.52. The minimum Gasteiger partial charge on any atom is -0.332 e. The maximum absolute atomic E-state index is 12.5. The molecule has 2 N–H and O–H groups in total. The van der Waals surface area contributed by atoms with E-state index in [2.05, 4.69) is 34.7 Å². The Labute approximate surface area is 151 Å². The number of benzene rings is 2. The number of thiazole rings is 1. The van der Waals surface area contributed by atoms with Gasteiger partial charge in [0.2, 0.25) is 0 Å². The molecule has 128 valence electrons. The van der Waals surface area contributed by atoms with E-state index >= 15 is 0 Å². The summed E-state index contributed by atoms with van der Waals surface area (Å²) < 4.78 is 0. The van der Waals surface area contributed by atoms with E-state index < -0.39 is 0 Å². The summed E-state index contributed by atoms with van der Waals surface area (Å²) in [6.07, 6.45) is 5.19. The Balaban J connectivity index is 1.64. The van der Waals surface area contributed by atoms with E-state index in [9.17, 15) is 4.79 Å². The highest BCUT2D eigenvalue weighted by Crippen LogP contribution is 2.20. The lowest BCUT2D eigenvalue weighted by atomic mass is 10.1. The minimum atomic E-state index is -0.121. The predicted molar refractivity (Wildman–Crippen MR) is 105 cm³/mol. The molecule has 0 aliphatic rings. The maximum atomic E-state index is 12.5. The van der Waals surface area contributed by atoms with Gasteiger partial charge in [-0.25, -0.2) is 4.98 Å². The molecule has 0 unspecified atom stereocenters. The van der Waals surface area contributed by atoms with Crippen LogP contribution in [0.25, 0.3) is 0 Å². The number of aromatic nitrogens is 1. The first kappa shape index (κ1) is 17.2. The molecule has 0 saturated heterocycles. The van der Waals surface area contributed by atoms with Crippen LogP contribution in [0.5, 0.6) is 0 Å². The van der Waals surface area contributed by atoms with Crippen LogP contribution in [0.2, 0.25) is 0 Å². The maximum Gasteiger partial charge on any atom is 0.255 e. The summed E-state index contributed by atoms with van der Waals surface area (Å²) in [5, 5.41) is 8.86. The van der Waals surface area contributed by atoms with Crippen LogP contribution in [0.4, 0.5) is 16.5 Å². The third-order valence-corrected chi connectivity index (χ3v) is 4.53. The summed E-state index contributed by atoms with van der Waals surface area (Å²) in [7, 11) is 0. The van der Waals surface area contributed by atoms with Crippen molar-refractivity contribution < 1.29 is 4.79 Å². The lowest BCUT2D eigenvalue weighted by molar-refractivity contribution is 0.102. The number of amides is 1. The minimum absolute atomic E-state index is 0.121. The highest BCUT2D eigenvalue weighted by Gasteiger charge is 2.07. The number of carbonyl (C=O) groups is 1. The Morgan fingerprint density at radius 2 is 1.96 bits per heavy atom. The van der Waals surface area contributed by atoms with Crippen LogP contribution in [0.1, 0.15) is 35.7 Å². The lowest BCUT2D eigenvalue weighted by Crippen LogP contribution is -2.12. The topological polar surface area (TPSA) is 54.0 Å². The highest BCUT2D eigenvalue weighted by molar-refractivity contribution is 7.13. The average molecular weight is 351 g/mol. The molecule has 0 bridgehead atoms. The van der Waals surface area contributed by atoms with E-state index in [0.29, 0.717) is 5.56 Å². The molecule has 25 heavy (non-hydrogen) atoms. The molecular weight excluding hydrogens is 330 g/mol. The van der Waals surface area contributed by atoms with Gasteiger partial charge in [-0.2, -0.15) is 0 Å². The van der Waals surface area contributed by atoms with Crippen LogP contribution in [-0.2, 0) is 6.42 Å². The first-order valence-electron chi connectivity index (χ1n) is 8.41. The summed E-state index contributed by atoms with van der Waals surface area (Å²) in [6.45, 7) is 2.19. The monoisotopic (exact) mass is 351 g/mol. The molecule has 2 aromatic carbocycles. The number of hydrogen-bond acceptors (Lipinski definition) is 4. The van der Waals surface area contributed by atoms with Gasteiger partial charge in [0, 0.05) is 28.5 Å². The second kappa shape index (κ2) is 8.44. The molecule has 1 aromatic heterocycles. The fourth-order valence-corrected chi connectivity index (χ4v) is 3.03. The van der Waals surface area contributed by atoms with E-state index in [0.717, 1.165) is 22.9 Å². The average Bonchev–Trinajstić information content (AvgIpc) is 3.14. The van der Waals surface area contributed by atoms with Crippen molar-refractivity contribution in [2.75, 3.05) is 10.6 Å². The number of carbonyl (C=O) groups excluding carboxylic acids is 1. The molecule has 0 aliphatic heterocycles. The van der Waals surface area contributed by atoms with Crippen LogP contribution in [0.3, 0.4) is 0 Å². The van der Waals surface area contributed by atoms with Gasteiger partial charge in [-0.15, -0.1) is 11.3 Å². The van der Waals surface area contributed by atoms with E-state index in [4.69, 9.17) is 0 Å². The first-order valence-corrected chi connectivity index (χ1v) is 9.29. The number of anilines is 3. The van der Waals surface area contributed by atoms with Crippen LogP contribution in [-0.4, -0.2) is 10.9 Å². The molecule has 3 aromatic rings. The van der Waals surface area contributed by atoms with Crippen molar-refractivity contribution in [2.24, 2.45) is 0 Å². The number of nitrogens with zero attached hydrogens (tertiary/aromatic N) is 1. The number of unbranched alkanes of at least 4 members (excludes halogenated alkanes) is 1. The quantitative estimate of drug-likeness (QED) is 0.592. The van der Waals surface area contributed by atoms with Gasteiger partial charge in [0.25, 0.3) is 5.91 Å². The van der Waals surface area contributed by atoms with Crippen molar-refractivity contribution in [3.63, 3.8) is 0 Å². The standard InChI is InChI=1S/C20H21N3OS/c1-2-3-5-15-8-10-17(11-9-15)22-19(24)16-6-4-7-18(14-16)23-20-21-12-13-25-20/h4,6-14H,2-3,5H2,1H3,(H,21,23)(H,22,24). The van der Waals surface area contributed by atoms with E-state index in [-0.39, 0.29) is 5.91 Å². The van der Waals surface area contributed by atoms with Gasteiger partial charge >= 0.3 is 0 Å². The summed E-state index contributed by atoms with van der Waals surface area (Å²) in [5.74, 6) is -0.121. The zero-order valence-corrected chi connectivity index (χ0v) is 15.0. The van der Waals surface area contributed by atoms with Crippen molar-refractivity contribution in [3.05, 3.63) is 71.2 Å². The third kappa shape index (κ3) is 4.90. The molecule has 5 heteroatoms. The fourth-order valence-electron chi connectivity index (χ4n) is 2.49. The number of hydrogen-bond donors (Lipinski definition) is 2. The van der Waals surface area contributed by atoms with Crippen molar-refractivity contribution in [2.45, 2.75) is 26.2 Å². The van der Waals surface area contributed by atoms with Gasteiger partial charge in [-0.3, -0.25) is 4.79 Å². The van der Waals surface area contributed by atoms with Gasteiger partial charge in [-0.1, -0.05) is 31.5 Å². The molecule has 4 nitrogen and oxygen atoms in total. The van der Waals surface area contributed by atoms with Crippen LogP contribution in [0, 0.1) is 0 Å². The molecule has 0 fully saturated rings. The van der Waals surface area contributed by atoms with Crippen LogP contribution < -0.4 is 10.6 Å². The summed E-state index contributed by atoms with van der Waals surface area (Å²) in [6, 6.07) is 15.5. The van der Waals surface area contributed by atoms with E-state index in [1.54, 1.807) is 12.3 Å². The SMILES string of the molecule is CCCCc1ccc(NC(=O)c2cccc(Nc3nccs3)c2)cc1. The van der Waals surface area contributed by atoms with Crippen molar-refractivity contribution in [1.82, 2.24) is 4.98 Å². The van der Waals surface area contributed by atoms with Gasteiger partial charge in [0.05, 0.1) is 0 Å². The van der Waals surface area contributed by atoms with Gasteiger partial charge in [-0.05, 0) is 48.7 Å².